The molecule has 0 aliphatic carbocycles. The number of amides is 1. The van der Waals surface area contributed by atoms with Gasteiger partial charge in [-0.15, -0.1) is 0 Å². The molecule has 0 radical (unpaired) electrons. The van der Waals surface area contributed by atoms with Gasteiger partial charge in [-0.25, -0.2) is 0 Å². The van der Waals surface area contributed by atoms with Gasteiger partial charge < -0.3 is 10.1 Å². The predicted molar refractivity (Wildman–Crippen MR) is 78.2 cm³/mol. The van der Waals surface area contributed by atoms with Gasteiger partial charge in [-0.3, -0.25) is 4.79 Å². The summed E-state index contributed by atoms with van der Waals surface area (Å²) >= 11 is 0. The van der Waals surface area contributed by atoms with Crippen LogP contribution in [0, 0.1) is 0 Å². The molecule has 2 aromatic carbocycles. The maximum Gasteiger partial charge on any atom is 0.251 e. The summed E-state index contributed by atoms with van der Waals surface area (Å²) in [6.07, 6.45) is 0.876. The first-order valence-corrected chi connectivity index (χ1v) is 6.78. The minimum atomic E-state index is 0.0246. The molecular formula is C17H17NO2. The molecule has 0 saturated carbocycles. The lowest BCUT2D eigenvalue weighted by Crippen LogP contribution is -2.25. The zero-order chi connectivity index (χ0) is 13.9. The number of fused-ring (bicyclic) bond motifs is 1. The molecule has 0 spiro atoms. The molecule has 1 aliphatic rings. The van der Waals surface area contributed by atoms with E-state index in [1.165, 1.54) is 5.56 Å². The molecule has 1 heterocycles. The Bertz CT molecular complexity index is 619. The topological polar surface area (TPSA) is 38.3 Å². The average Bonchev–Trinajstić information content (AvgIpc) is 2.67. The zero-order valence-corrected chi connectivity index (χ0v) is 11.4. The normalized spacial score (nSPS) is 17.9. The summed E-state index contributed by atoms with van der Waals surface area (Å²) in [5.74, 6) is 1.18. The second kappa shape index (κ2) is 5.37. The fraction of sp³-hybridized carbons (Fsp3) is 0.235. The van der Waals surface area contributed by atoms with Crippen LogP contribution >= 0.6 is 0 Å². The van der Waals surface area contributed by atoms with Crippen LogP contribution in [0.4, 0.5) is 0 Å². The lowest BCUT2D eigenvalue weighted by molar-refractivity contribution is 0.0954. The van der Waals surface area contributed by atoms with Gasteiger partial charge >= 0.3 is 0 Å². The van der Waals surface area contributed by atoms with Crippen molar-refractivity contribution in [3.8, 4) is 5.75 Å². The molecule has 1 unspecified atom stereocenters. The van der Waals surface area contributed by atoms with Crippen LogP contribution in [0.15, 0.2) is 48.5 Å². The van der Waals surface area contributed by atoms with Gasteiger partial charge in [0.15, 0.2) is 0 Å². The average molecular weight is 267 g/mol. The maximum absolute atomic E-state index is 12.1. The summed E-state index contributed by atoms with van der Waals surface area (Å²) in [6, 6.07) is 15.9. The first kappa shape index (κ1) is 12.7. The molecule has 2 aromatic rings. The van der Waals surface area contributed by atoms with Crippen molar-refractivity contribution in [1.29, 1.82) is 0 Å². The molecule has 1 atom stereocenters. The van der Waals surface area contributed by atoms with E-state index >= 15 is 0 Å². The van der Waals surface area contributed by atoms with Crippen molar-refractivity contribution in [2.75, 3.05) is 13.7 Å². The Morgan fingerprint density at radius 1 is 1.10 bits per heavy atom. The van der Waals surface area contributed by atoms with Crippen molar-refractivity contribution < 1.29 is 9.53 Å². The van der Waals surface area contributed by atoms with E-state index in [0.29, 0.717) is 12.5 Å². The molecule has 3 rings (SSSR count). The van der Waals surface area contributed by atoms with E-state index in [1.807, 2.05) is 36.4 Å². The third kappa shape index (κ3) is 2.39. The van der Waals surface area contributed by atoms with Gasteiger partial charge in [0.05, 0.1) is 7.11 Å². The van der Waals surface area contributed by atoms with Gasteiger partial charge in [-0.1, -0.05) is 30.3 Å². The van der Waals surface area contributed by atoms with Crippen LogP contribution in [0.1, 0.15) is 27.4 Å². The van der Waals surface area contributed by atoms with E-state index in [-0.39, 0.29) is 5.91 Å². The molecule has 0 bridgehead atoms. The van der Waals surface area contributed by atoms with Crippen LogP contribution < -0.4 is 10.1 Å². The minimum absolute atomic E-state index is 0.0246. The van der Waals surface area contributed by atoms with Crippen LogP contribution in [0.2, 0.25) is 0 Å². The van der Waals surface area contributed by atoms with Gasteiger partial charge in [0.25, 0.3) is 5.91 Å². The quantitative estimate of drug-likeness (QED) is 0.908. The molecule has 1 aliphatic heterocycles. The Hall–Kier alpha value is -2.29. The number of methoxy groups -OCH3 is 1. The second-order valence-corrected chi connectivity index (χ2v) is 5.04. The monoisotopic (exact) mass is 267 g/mol. The molecule has 0 aromatic heterocycles. The number of hydrogen-bond acceptors (Lipinski definition) is 2. The molecule has 3 nitrogen and oxygen atoms in total. The van der Waals surface area contributed by atoms with E-state index in [4.69, 9.17) is 4.74 Å². The van der Waals surface area contributed by atoms with Crippen molar-refractivity contribution in [3.05, 3.63) is 65.2 Å². The SMILES string of the molecule is COc1ccc(C2CNC(=O)c3ccccc3C2)cc1. The molecule has 20 heavy (non-hydrogen) atoms. The molecule has 102 valence electrons. The Balaban J connectivity index is 1.90. The number of nitrogens with one attached hydrogen (secondary N) is 1. The third-order valence-corrected chi connectivity index (χ3v) is 3.82. The predicted octanol–water partition coefficient (Wildman–Crippen LogP) is 2.76. The highest BCUT2D eigenvalue weighted by Crippen LogP contribution is 2.26. The fourth-order valence-electron chi connectivity index (χ4n) is 2.68. The van der Waals surface area contributed by atoms with Crippen LogP contribution in [-0.2, 0) is 6.42 Å². The highest BCUT2D eigenvalue weighted by Gasteiger charge is 2.22. The Morgan fingerprint density at radius 2 is 1.85 bits per heavy atom. The molecule has 1 amide bonds. The van der Waals surface area contributed by atoms with Crippen molar-refractivity contribution in [2.24, 2.45) is 0 Å². The number of benzene rings is 2. The molecule has 1 N–H and O–H groups in total. The van der Waals surface area contributed by atoms with E-state index < -0.39 is 0 Å². The lowest BCUT2D eigenvalue weighted by Gasteiger charge is -2.15. The molecule has 3 heteroatoms. The Morgan fingerprint density at radius 3 is 2.60 bits per heavy atom. The third-order valence-electron chi connectivity index (χ3n) is 3.82. The van der Waals surface area contributed by atoms with E-state index in [0.717, 1.165) is 23.3 Å². The lowest BCUT2D eigenvalue weighted by atomic mass is 9.91. The smallest absolute Gasteiger partial charge is 0.251 e. The molecule has 0 fully saturated rings. The summed E-state index contributed by atoms with van der Waals surface area (Å²) in [7, 11) is 1.66. The van der Waals surface area contributed by atoms with E-state index in [2.05, 4.69) is 17.4 Å². The van der Waals surface area contributed by atoms with Crippen LogP contribution in [0.25, 0.3) is 0 Å². The van der Waals surface area contributed by atoms with Crippen LogP contribution in [0.5, 0.6) is 5.75 Å². The van der Waals surface area contributed by atoms with Gasteiger partial charge in [0, 0.05) is 18.0 Å². The van der Waals surface area contributed by atoms with Crippen molar-refractivity contribution >= 4 is 5.91 Å². The standard InChI is InChI=1S/C17H17NO2/c1-20-15-8-6-12(7-9-15)14-10-13-4-2-3-5-16(13)17(19)18-11-14/h2-9,14H,10-11H2,1H3,(H,18,19). The van der Waals surface area contributed by atoms with Gasteiger partial charge in [0.1, 0.15) is 5.75 Å². The number of rotatable bonds is 2. The Kier molecular flexibility index (Phi) is 3.42. The van der Waals surface area contributed by atoms with Crippen molar-refractivity contribution in [2.45, 2.75) is 12.3 Å². The van der Waals surface area contributed by atoms with Crippen molar-refractivity contribution in [1.82, 2.24) is 5.32 Å². The summed E-state index contributed by atoms with van der Waals surface area (Å²) in [6.45, 7) is 0.667. The maximum atomic E-state index is 12.1. The number of carbonyl (C=O) groups is 1. The summed E-state index contributed by atoms with van der Waals surface area (Å²) in [5, 5.41) is 3.01. The largest absolute Gasteiger partial charge is 0.497 e. The van der Waals surface area contributed by atoms with Gasteiger partial charge in [-0.2, -0.15) is 0 Å². The highest BCUT2D eigenvalue weighted by molar-refractivity contribution is 5.96. The van der Waals surface area contributed by atoms with Crippen LogP contribution in [-0.4, -0.2) is 19.6 Å². The minimum Gasteiger partial charge on any atom is -0.497 e. The number of carbonyl (C=O) groups excluding carboxylic acids is 1. The number of hydrogen-bond donors (Lipinski definition) is 1. The zero-order valence-electron chi connectivity index (χ0n) is 11.4. The first-order chi connectivity index (χ1) is 9.78. The number of ether oxygens (including phenoxy) is 1. The van der Waals surface area contributed by atoms with E-state index in [1.54, 1.807) is 7.11 Å². The summed E-state index contributed by atoms with van der Waals surface area (Å²) < 4.78 is 5.18. The summed E-state index contributed by atoms with van der Waals surface area (Å²) in [4.78, 5) is 12.1. The fourth-order valence-corrected chi connectivity index (χ4v) is 2.68. The van der Waals surface area contributed by atoms with Gasteiger partial charge in [-0.05, 0) is 35.7 Å². The highest BCUT2D eigenvalue weighted by atomic mass is 16.5. The van der Waals surface area contributed by atoms with E-state index in [9.17, 15) is 4.79 Å². The van der Waals surface area contributed by atoms with Gasteiger partial charge in [0.2, 0.25) is 0 Å². The summed E-state index contributed by atoms with van der Waals surface area (Å²) in [5.41, 5.74) is 3.13. The first-order valence-electron chi connectivity index (χ1n) is 6.78. The Labute approximate surface area is 118 Å². The van der Waals surface area contributed by atoms with Crippen LogP contribution in [0.3, 0.4) is 0 Å². The molecular weight excluding hydrogens is 250 g/mol. The molecule has 0 saturated heterocycles. The van der Waals surface area contributed by atoms with Crippen molar-refractivity contribution in [3.63, 3.8) is 0 Å². The second-order valence-electron chi connectivity index (χ2n) is 5.04.